The molecule has 3 rings (SSSR count). The number of benzene rings is 1. The quantitative estimate of drug-likeness (QED) is 0.799. The van der Waals surface area contributed by atoms with E-state index < -0.39 is 0 Å². The molecular formula is C17H23N3O. The number of H-pyrrole nitrogens is 1. The minimum atomic E-state index is 0.0146. The standard InChI is InChI=1S/C17H23N3O/c21-17-15(12-14-6-1-2-7-16(14)19-17)13-18-8-5-11-20-9-3-4-10-20/h1-2,6-7,12,18H,3-5,8-11,13H2,(H,19,21). The average Bonchev–Trinajstić information content (AvgIpc) is 3.00. The second-order valence-electron chi connectivity index (χ2n) is 5.79. The molecule has 0 radical (unpaired) electrons. The minimum absolute atomic E-state index is 0.0146. The van der Waals surface area contributed by atoms with Crippen molar-refractivity contribution in [1.82, 2.24) is 15.2 Å². The number of para-hydroxylation sites is 1. The molecule has 2 aromatic rings. The van der Waals surface area contributed by atoms with Crippen LogP contribution in [0.4, 0.5) is 0 Å². The number of aromatic nitrogens is 1. The zero-order chi connectivity index (χ0) is 14.5. The molecule has 0 atom stereocenters. The molecular weight excluding hydrogens is 262 g/mol. The molecule has 1 aliphatic heterocycles. The Balaban J connectivity index is 1.50. The van der Waals surface area contributed by atoms with Crippen molar-refractivity contribution < 1.29 is 0 Å². The third-order valence-electron chi connectivity index (χ3n) is 4.17. The van der Waals surface area contributed by atoms with Crippen LogP contribution in [-0.4, -0.2) is 36.1 Å². The lowest BCUT2D eigenvalue weighted by atomic mass is 10.1. The van der Waals surface area contributed by atoms with Gasteiger partial charge in [-0.05, 0) is 63.0 Å². The van der Waals surface area contributed by atoms with E-state index in [2.05, 4.69) is 15.2 Å². The lowest BCUT2D eigenvalue weighted by molar-refractivity contribution is 0.331. The van der Waals surface area contributed by atoms with Crippen LogP contribution in [0.15, 0.2) is 35.1 Å². The molecule has 0 amide bonds. The normalized spacial score (nSPS) is 15.8. The smallest absolute Gasteiger partial charge is 0.252 e. The van der Waals surface area contributed by atoms with E-state index in [0.717, 1.165) is 29.4 Å². The Hall–Kier alpha value is -1.65. The number of likely N-dealkylation sites (tertiary alicyclic amines) is 1. The van der Waals surface area contributed by atoms with E-state index in [1.54, 1.807) is 0 Å². The highest BCUT2D eigenvalue weighted by Gasteiger charge is 2.10. The second kappa shape index (κ2) is 6.87. The zero-order valence-electron chi connectivity index (χ0n) is 12.4. The van der Waals surface area contributed by atoms with Crippen molar-refractivity contribution in [3.63, 3.8) is 0 Å². The van der Waals surface area contributed by atoms with Crippen molar-refractivity contribution in [2.24, 2.45) is 0 Å². The van der Waals surface area contributed by atoms with Gasteiger partial charge in [0.1, 0.15) is 0 Å². The summed E-state index contributed by atoms with van der Waals surface area (Å²) in [7, 11) is 0. The molecule has 2 N–H and O–H groups in total. The first-order valence-corrected chi connectivity index (χ1v) is 7.87. The maximum atomic E-state index is 12.0. The van der Waals surface area contributed by atoms with Gasteiger partial charge in [-0.3, -0.25) is 4.79 Å². The Morgan fingerprint density at radius 3 is 2.86 bits per heavy atom. The number of pyridine rings is 1. The lowest BCUT2D eigenvalue weighted by Crippen LogP contribution is -2.26. The van der Waals surface area contributed by atoms with E-state index in [0.29, 0.717) is 6.54 Å². The second-order valence-corrected chi connectivity index (χ2v) is 5.79. The van der Waals surface area contributed by atoms with Gasteiger partial charge in [0, 0.05) is 17.6 Å². The summed E-state index contributed by atoms with van der Waals surface area (Å²) in [5, 5.41) is 4.47. The maximum absolute atomic E-state index is 12.0. The first kappa shape index (κ1) is 14.3. The SMILES string of the molecule is O=c1[nH]c2ccccc2cc1CNCCCN1CCCC1. The highest BCUT2D eigenvalue weighted by atomic mass is 16.1. The van der Waals surface area contributed by atoms with E-state index in [9.17, 15) is 4.79 Å². The van der Waals surface area contributed by atoms with Crippen molar-refractivity contribution in [2.45, 2.75) is 25.8 Å². The molecule has 0 saturated carbocycles. The summed E-state index contributed by atoms with van der Waals surface area (Å²) < 4.78 is 0. The lowest BCUT2D eigenvalue weighted by Gasteiger charge is -2.14. The predicted octanol–water partition coefficient (Wildman–Crippen LogP) is 2.10. The molecule has 0 spiro atoms. The van der Waals surface area contributed by atoms with Gasteiger partial charge in [-0.15, -0.1) is 0 Å². The van der Waals surface area contributed by atoms with E-state index in [1.165, 1.54) is 32.5 Å². The zero-order valence-corrected chi connectivity index (χ0v) is 12.4. The van der Waals surface area contributed by atoms with E-state index >= 15 is 0 Å². The largest absolute Gasteiger partial charge is 0.322 e. The van der Waals surface area contributed by atoms with Crippen molar-refractivity contribution >= 4 is 10.9 Å². The number of nitrogens with zero attached hydrogens (tertiary/aromatic N) is 1. The first-order valence-electron chi connectivity index (χ1n) is 7.87. The fourth-order valence-corrected chi connectivity index (χ4v) is 2.98. The monoisotopic (exact) mass is 285 g/mol. The molecule has 0 bridgehead atoms. The van der Waals surface area contributed by atoms with Crippen LogP contribution < -0.4 is 10.9 Å². The van der Waals surface area contributed by atoms with Crippen LogP contribution in [0.25, 0.3) is 10.9 Å². The fraction of sp³-hybridized carbons (Fsp3) is 0.471. The fourth-order valence-electron chi connectivity index (χ4n) is 2.98. The van der Waals surface area contributed by atoms with E-state index in [1.807, 2.05) is 30.3 Å². The van der Waals surface area contributed by atoms with Gasteiger partial charge in [0.25, 0.3) is 5.56 Å². The summed E-state index contributed by atoms with van der Waals surface area (Å²) in [6.07, 6.45) is 3.84. The summed E-state index contributed by atoms with van der Waals surface area (Å²) in [6, 6.07) is 9.89. The molecule has 112 valence electrons. The number of hydrogen-bond donors (Lipinski definition) is 2. The molecule has 1 fully saturated rings. The van der Waals surface area contributed by atoms with Crippen LogP contribution in [0.1, 0.15) is 24.8 Å². The molecule has 4 heteroatoms. The number of nitrogens with one attached hydrogen (secondary N) is 2. The van der Waals surface area contributed by atoms with Crippen LogP contribution in [-0.2, 0) is 6.54 Å². The van der Waals surface area contributed by atoms with Gasteiger partial charge < -0.3 is 15.2 Å². The van der Waals surface area contributed by atoms with Crippen LogP contribution in [0.2, 0.25) is 0 Å². The van der Waals surface area contributed by atoms with Crippen molar-refractivity contribution in [3.05, 3.63) is 46.2 Å². The van der Waals surface area contributed by atoms with E-state index in [-0.39, 0.29) is 5.56 Å². The molecule has 1 aromatic carbocycles. The van der Waals surface area contributed by atoms with Crippen LogP contribution >= 0.6 is 0 Å². The minimum Gasteiger partial charge on any atom is -0.322 e. The first-order chi connectivity index (χ1) is 10.3. The summed E-state index contributed by atoms with van der Waals surface area (Å²) in [6.45, 7) is 5.28. The van der Waals surface area contributed by atoms with Gasteiger partial charge in [0.15, 0.2) is 0 Å². The number of rotatable bonds is 6. The summed E-state index contributed by atoms with van der Waals surface area (Å²) >= 11 is 0. The van der Waals surface area contributed by atoms with Gasteiger partial charge in [0.2, 0.25) is 0 Å². The highest BCUT2D eigenvalue weighted by Crippen LogP contribution is 2.10. The average molecular weight is 285 g/mol. The number of aromatic amines is 1. The topological polar surface area (TPSA) is 48.1 Å². The molecule has 1 aliphatic rings. The van der Waals surface area contributed by atoms with E-state index in [4.69, 9.17) is 0 Å². The molecule has 0 unspecified atom stereocenters. The van der Waals surface area contributed by atoms with Crippen LogP contribution in [0.3, 0.4) is 0 Å². The Kier molecular flexibility index (Phi) is 4.68. The summed E-state index contributed by atoms with van der Waals surface area (Å²) in [5.41, 5.74) is 1.73. The molecule has 4 nitrogen and oxygen atoms in total. The van der Waals surface area contributed by atoms with Gasteiger partial charge in [-0.25, -0.2) is 0 Å². The predicted molar refractivity (Wildman–Crippen MR) is 86.6 cm³/mol. The Labute approximate surface area is 125 Å². The summed E-state index contributed by atoms with van der Waals surface area (Å²) in [4.78, 5) is 17.5. The third-order valence-corrected chi connectivity index (χ3v) is 4.17. The molecule has 2 heterocycles. The highest BCUT2D eigenvalue weighted by molar-refractivity contribution is 5.78. The van der Waals surface area contributed by atoms with Gasteiger partial charge in [-0.2, -0.15) is 0 Å². The molecule has 0 aliphatic carbocycles. The number of fused-ring (bicyclic) bond motifs is 1. The molecule has 1 aromatic heterocycles. The molecule has 21 heavy (non-hydrogen) atoms. The molecule has 1 saturated heterocycles. The third kappa shape index (κ3) is 3.71. The van der Waals surface area contributed by atoms with Crippen LogP contribution in [0.5, 0.6) is 0 Å². The Morgan fingerprint density at radius 2 is 2.00 bits per heavy atom. The Morgan fingerprint density at radius 1 is 1.19 bits per heavy atom. The van der Waals surface area contributed by atoms with Crippen molar-refractivity contribution in [2.75, 3.05) is 26.2 Å². The van der Waals surface area contributed by atoms with Gasteiger partial charge in [0.05, 0.1) is 0 Å². The van der Waals surface area contributed by atoms with Crippen molar-refractivity contribution in [3.8, 4) is 0 Å². The maximum Gasteiger partial charge on any atom is 0.252 e. The van der Waals surface area contributed by atoms with Gasteiger partial charge >= 0.3 is 0 Å². The van der Waals surface area contributed by atoms with Crippen LogP contribution in [0, 0.1) is 0 Å². The number of hydrogen-bond acceptors (Lipinski definition) is 3. The van der Waals surface area contributed by atoms with Gasteiger partial charge in [-0.1, -0.05) is 18.2 Å². The Bertz CT molecular complexity index is 644. The summed E-state index contributed by atoms with van der Waals surface area (Å²) in [5.74, 6) is 0. The van der Waals surface area contributed by atoms with Crippen molar-refractivity contribution in [1.29, 1.82) is 0 Å².